The van der Waals surface area contributed by atoms with Gasteiger partial charge in [-0.1, -0.05) is 12.1 Å². The number of halogens is 2. The van der Waals surface area contributed by atoms with Crippen LogP contribution in [0.3, 0.4) is 0 Å². The number of nitrogens with one attached hydrogen (secondary N) is 1. The average Bonchev–Trinajstić information content (AvgIpc) is 2.40. The summed E-state index contributed by atoms with van der Waals surface area (Å²) in [7, 11) is 0. The largest absolute Gasteiger partial charge is 0.347 e. The lowest BCUT2D eigenvalue weighted by Gasteiger charge is -2.05. The molecule has 1 aromatic heterocycles. The third-order valence-electron chi connectivity index (χ3n) is 2.56. The summed E-state index contributed by atoms with van der Waals surface area (Å²) in [4.78, 5) is 15.9. The Morgan fingerprint density at radius 2 is 2.00 bits per heavy atom. The number of hydrogen-bond acceptors (Lipinski definition) is 2. The Bertz CT molecular complexity index is 614. The molecule has 19 heavy (non-hydrogen) atoms. The van der Waals surface area contributed by atoms with Gasteiger partial charge in [-0.25, -0.2) is 13.8 Å². The number of pyridine rings is 1. The minimum atomic E-state index is -0.930. The highest BCUT2D eigenvalue weighted by Gasteiger charge is 2.08. The predicted molar refractivity (Wildman–Crippen MR) is 66.5 cm³/mol. The third-order valence-corrected chi connectivity index (χ3v) is 2.56. The van der Waals surface area contributed by atoms with Crippen molar-refractivity contribution in [2.75, 3.05) is 0 Å². The zero-order valence-corrected chi connectivity index (χ0v) is 10.3. The van der Waals surface area contributed by atoms with Gasteiger partial charge >= 0.3 is 0 Å². The van der Waals surface area contributed by atoms with E-state index in [0.717, 1.165) is 17.8 Å². The molecule has 3 nitrogen and oxygen atoms in total. The summed E-state index contributed by atoms with van der Waals surface area (Å²) in [6.45, 7) is 1.90. The van der Waals surface area contributed by atoms with Crippen molar-refractivity contribution in [2.45, 2.75) is 13.5 Å². The first-order chi connectivity index (χ1) is 9.06. The third kappa shape index (κ3) is 3.34. The summed E-state index contributed by atoms with van der Waals surface area (Å²) in [5.74, 6) is -2.19. The van der Waals surface area contributed by atoms with Crippen LogP contribution < -0.4 is 5.32 Å². The Labute approximate surface area is 109 Å². The molecule has 0 unspecified atom stereocenters. The zero-order valence-electron chi connectivity index (χ0n) is 10.3. The second-order valence-corrected chi connectivity index (χ2v) is 4.10. The average molecular weight is 262 g/mol. The molecule has 0 fully saturated rings. The Morgan fingerprint density at radius 3 is 2.68 bits per heavy atom. The zero-order chi connectivity index (χ0) is 13.8. The molecule has 0 aliphatic heterocycles. The van der Waals surface area contributed by atoms with Crippen LogP contribution in [-0.2, 0) is 6.54 Å². The van der Waals surface area contributed by atoms with E-state index in [1.54, 1.807) is 25.1 Å². The van der Waals surface area contributed by atoms with Crippen molar-refractivity contribution in [3.05, 3.63) is 65.0 Å². The van der Waals surface area contributed by atoms with Crippen LogP contribution in [0.15, 0.2) is 36.4 Å². The molecule has 98 valence electrons. The van der Waals surface area contributed by atoms with Gasteiger partial charge in [0.1, 0.15) is 5.69 Å². The van der Waals surface area contributed by atoms with Crippen molar-refractivity contribution in [1.29, 1.82) is 0 Å². The first-order valence-corrected chi connectivity index (χ1v) is 5.72. The summed E-state index contributed by atoms with van der Waals surface area (Å²) in [5.41, 5.74) is 1.52. The van der Waals surface area contributed by atoms with E-state index >= 15 is 0 Å². The van der Waals surface area contributed by atoms with Gasteiger partial charge in [-0.15, -0.1) is 0 Å². The molecule has 0 saturated carbocycles. The van der Waals surface area contributed by atoms with Crippen LogP contribution in [0.5, 0.6) is 0 Å². The van der Waals surface area contributed by atoms with Gasteiger partial charge in [0, 0.05) is 12.2 Å². The first-order valence-electron chi connectivity index (χ1n) is 5.72. The summed E-state index contributed by atoms with van der Waals surface area (Å²) in [6, 6.07) is 8.61. The van der Waals surface area contributed by atoms with Gasteiger partial charge in [0.2, 0.25) is 0 Å². The van der Waals surface area contributed by atoms with Gasteiger partial charge in [-0.3, -0.25) is 4.79 Å². The number of carbonyl (C=O) groups is 1. The fourth-order valence-corrected chi connectivity index (χ4v) is 1.59. The highest BCUT2D eigenvalue weighted by atomic mass is 19.2. The van der Waals surface area contributed by atoms with Gasteiger partial charge in [0.25, 0.3) is 5.91 Å². The first kappa shape index (κ1) is 13.1. The molecule has 1 amide bonds. The van der Waals surface area contributed by atoms with E-state index in [1.807, 2.05) is 0 Å². The molecule has 5 heteroatoms. The van der Waals surface area contributed by atoms with Crippen molar-refractivity contribution in [3.8, 4) is 0 Å². The molecule has 0 aliphatic carbocycles. The Morgan fingerprint density at radius 1 is 1.21 bits per heavy atom. The van der Waals surface area contributed by atoms with Gasteiger partial charge in [-0.05, 0) is 36.8 Å². The van der Waals surface area contributed by atoms with Gasteiger partial charge in [0.05, 0.1) is 0 Å². The maximum Gasteiger partial charge on any atom is 0.270 e. The SMILES string of the molecule is Cc1cccc(C(=O)NCc2ccc(F)c(F)c2)n1. The van der Waals surface area contributed by atoms with Crippen molar-refractivity contribution >= 4 is 5.91 Å². The Balaban J connectivity index is 2.02. The molecule has 2 rings (SSSR count). The van der Waals surface area contributed by atoms with Crippen LogP contribution in [0, 0.1) is 18.6 Å². The van der Waals surface area contributed by atoms with Crippen molar-refractivity contribution in [3.63, 3.8) is 0 Å². The lowest BCUT2D eigenvalue weighted by atomic mass is 10.2. The summed E-state index contributed by atoms with van der Waals surface area (Å²) < 4.78 is 25.7. The molecule has 1 N–H and O–H groups in total. The maximum atomic E-state index is 13.0. The van der Waals surface area contributed by atoms with Crippen LogP contribution >= 0.6 is 0 Å². The maximum absolute atomic E-state index is 13.0. The van der Waals surface area contributed by atoms with Crippen LogP contribution in [-0.4, -0.2) is 10.9 Å². The number of rotatable bonds is 3. The quantitative estimate of drug-likeness (QED) is 0.923. The standard InChI is InChI=1S/C14H12F2N2O/c1-9-3-2-4-13(18-9)14(19)17-8-10-5-6-11(15)12(16)7-10/h2-7H,8H2,1H3,(H,17,19). The summed E-state index contributed by atoms with van der Waals surface area (Å²) in [6.07, 6.45) is 0. The molecule has 0 spiro atoms. The number of amides is 1. The normalized spacial score (nSPS) is 10.3. The lowest BCUT2D eigenvalue weighted by molar-refractivity contribution is 0.0945. The molecule has 1 aromatic carbocycles. The number of carbonyl (C=O) groups excluding carboxylic acids is 1. The molecule has 1 heterocycles. The van der Waals surface area contributed by atoms with E-state index in [4.69, 9.17) is 0 Å². The van der Waals surface area contributed by atoms with Crippen molar-refractivity contribution < 1.29 is 13.6 Å². The second-order valence-electron chi connectivity index (χ2n) is 4.10. The van der Waals surface area contributed by atoms with Crippen LogP contribution in [0.4, 0.5) is 8.78 Å². The van der Waals surface area contributed by atoms with Crippen LogP contribution in [0.2, 0.25) is 0 Å². The molecule has 0 bridgehead atoms. The van der Waals surface area contributed by atoms with E-state index in [1.165, 1.54) is 6.07 Å². The molecule has 2 aromatic rings. The predicted octanol–water partition coefficient (Wildman–Crippen LogP) is 2.60. The van der Waals surface area contributed by atoms with E-state index in [0.29, 0.717) is 11.3 Å². The molecule has 0 saturated heterocycles. The van der Waals surface area contributed by atoms with Gasteiger partial charge < -0.3 is 5.32 Å². The molecular formula is C14H12F2N2O. The van der Waals surface area contributed by atoms with Crippen LogP contribution in [0.25, 0.3) is 0 Å². The number of aryl methyl sites for hydroxylation is 1. The molecule has 0 radical (unpaired) electrons. The van der Waals surface area contributed by atoms with E-state index < -0.39 is 11.6 Å². The molecule has 0 aliphatic rings. The number of hydrogen-bond donors (Lipinski definition) is 1. The monoisotopic (exact) mass is 262 g/mol. The van der Waals surface area contributed by atoms with Crippen LogP contribution in [0.1, 0.15) is 21.7 Å². The topological polar surface area (TPSA) is 42.0 Å². The van der Waals surface area contributed by atoms with E-state index in [2.05, 4.69) is 10.3 Å². The molecule has 0 atom stereocenters. The van der Waals surface area contributed by atoms with Gasteiger partial charge in [0.15, 0.2) is 11.6 Å². The smallest absolute Gasteiger partial charge is 0.270 e. The minimum absolute atomic E-state index is 0.117. The van der Waals surface area contributed by atoms with Crippen molar-refractivity contribution in [1.82, 2.24) is 10.3 Å². The fourth-order valence-electron chi connectivity index (χ4n) is 1.59. The fraction of sp³-hybridized carbons (Fsp3) is 0.143. The number of benzene rings is 1. The summed E-state index contributed by atoms with van der Waals surface area (Å²) >= 11 is 0. The summed E-state index contributed by atoms with van der Waals surface area (Å²) in [5, 5.41) is 2.60. The van der Waals surface area contributed by atoms with Crippen molar-refractivity contribution in [2.24, 2.45) is 0 Å². The number of aromatic nitrogens is 1. The minimum Gasteiger partial charge on any atom is -0.347 e. The highest BCUT2D eigenvalue weighted by Crippen LogP contribution is 2.08. The Hall–Kier alpha value is -2.30. The second kappa shape index (κ2) is 5.56. The lowest BCUT2D eigenvalue weighted by Crippen LogP contribution is -2.24. The highest BCUT2D eigenvalue weighted by molar-refractivity contribution is 5.92. The molecular weight excluding hydrogens is 250 g/mol. The Kier molecular flexibility index (Phi) is 3.85. The van der Waals surface area contributed by atoms with Gasteiger partial charge in [-0.2, -0.15) is 0 Å². The number of nitrogens with zero attached hydrogens (tertiary/aromatic N) is 1. The van der Waals surface area contributed by atoms with E-state index in [9.17, 15) is 13.6 Å². The van der Waals surface area contributed by atoms with E-state index in [-0.39, 0.29) is 12.5 Å².